The number of nitrogens with one attached hydrogen (secondary N) is 1. The van der Waals surface area contributed by atoms with Gasteiger partial charge in [0, 0.05) is 17.3 Å². The van der Waals surface area contributed by atoms with Gasteiger partial charge < -0.3 is 15.0 Å². The number of halogens is 1. The largest absolute Gasteiger partial charge is 0.497 e. The number of urea groups is 1. The summed E-state index contributed by atoms with van der Waals surface area (Å²) in [6.07, 6.45) is 0.824. The molecule has 2 amide bonds. The summed E-state index contributed by atoms with van der Waals surface area (Å²) < 4.78 is 5.27. The van der Waals surface area contributed by atoms with E-state index in [0.29, 0.717) is 11.6 Å². The number of hydrogen-bond acceptors (Lipinski definition) is 2. The lowest BCUT2D eigenvalue weighted by atomic mass is 9.93. The Morgan fingerprint density at radius 1 is 1.26 bits per heavy atom. The third kappa shape index (κ3) is 3.27. The Labute approximate surface area is 141 Å². The first-order chi connectivity index (χ1) is 11.1. The third-order valence-electron chi connectivity index (χ3n) is 4.25. The van der Waals surface area contributed by atoms with Crippen LogP contribution in [0, 0.1) is 0 Å². The molecule has 3 rings (SSSR count). The lowest BCUT2D eigenvalue weighted by Gasteiger charge is -2.35. The minimum absolute atomic E-state index is 0.0250. The highest BCUT2D eigenvalue weighted by molar-refractivity contribution is 6.30. The fraction of sp³-hybridized carbons (Fsp3) is 0.278. The van der Waals surface area contributed by atoms with E-state index in [1.54, 1.807) is 31.4 Å². The zero-order chi connectivity index (χ0) is 16.4. The molecule has 2 aromatic carbocycles. The second kappa shape index (κ2) is 6.50. The number of nitrogens with zero attached hydrogens (tertiary/aromatic N) is 1. The molecule has 2 aromatic rings. The van der Waals surface area contributed by atoms with Crippen LogP contribution < -0.4 is 10.1 Å². The fourth-order valence-corrected chi connectivity index (χ4v) is 3.07. The van der Waals surface area contributed by atoms with Gasteiger partial charge in [-0.05, 0) is 60.9 Å². The van der Waals surface area contributed by atoms with E-state index in [-0.39, 0.29) is 12.1 Å². The maximum atomic E-state index is 12.6. The van der Waals surface area contributed by atoms with Gasteiger partial charge in [0.1, 0.15) is 5.75 Å². The number of carbonyl (C=O) groups is 1. The number of anilines is 1. The summed E-state index contributed by atoms with van der Waals surface area (Å²) in [5.74, 6) is 0.856. The van der Waals surface area contributed by atoms with Gasteiger partial charge in [-0.3, -0.25) is 0 Å². The van der Waals surface area contributed by atoms with Gasteiger partial charge in [-0.1, -0.05) is 17.7 Å². The van der Waals surface area contributed by atoms with E-state index in [0.717, 1.165) is 17.9 Å². The summed E-state index contributed by atoms with van der Waals surface area (Å²) in [6, 6.07) is 13.1. The second-order valence-corrected chi connectivity index (χ2v) is 6.06. The average Bonchev–Trinajstić information content (AvgIpc) is 2.56. The van der Waals surface area contributed by atoms with E-state index in [2.05, 4.69) is 11.4 Å². The minimum Gasteiger partial charge on any atom is -0.497 e. The summed E-state index contributed by atoms with van der Waals surface area (Å²) in [7, 11) is 1.67. The van der Waals surface area contributed by atoms with Crippen LogP contribution in [0.4, 0.5) is 10.5 Å². The van der Waals surface area contributed by atoms with Gasteiger partial charge in [-0.25, -0.2) is 4.79 Å². The number of carbonyl (C=O) groups excluding carboxylic acids is 1. The van der Waals surface area contributed by atoms with Gasteiger partial charge >= 0.3 is 6.03 Å². The number of ether oxygens (including phenoxy) is 1. The number of hydrogen-bond donors (Lipinski definition) is 1. The van der Waals surface area contributed by atoms with Crippen molar-refractivity contribution in [3.8, 4) is 5.75 Å². The van der Waals surface area contributed by atoms with Crippen molar-refractivity contribution in [1.82, 2.24) is 4.90 Å². The summed E-state index contributed by atoms with van der Waals surface area (Å²) in [4.78, 5) is 14.4. The highest BCUT2D eigenvalue weighted by Gasteiger charge is 2.27. The molecule has 1 aliphatic rings. The first-order valence-corrected chi connectivity index (χ1v) is 7.96. The van der Waals surface area contributed by atoms with E-state index < -0.39 is 0 Å². The molecular formula is C18H19ClN2O2. The molecule has 1 unspecified atom stereocenters. The predicted octanol–water partition coefficient (Wildman–Crippen LogP) is 4.50. The van der Waals surface area contributed by atoms with Crippen molar-refractivity contribution in [2.75, 3.05) is 19.0 Å². The van der Waals surface area contributed by atoms with Crippen molar-refractivity contribution in [1.29, 1.82) is 0 Å². The molecule has 23 heavy (non-hydrogen) atoms. The smallest absolute Gasteiger partial charge is 0.322 e. The monoisotopic (exact) mass is 330 g/mol. The molecule has 1 heterocycles. The number of benzene rings is 2. The molecule has 5 heteroatoms. The molecule has 1 atom stereocenters. The maximum absolute atomic E-state index is 12.6. The second-order valence-electron chi connectivity index (χ2n) is 5.62. The van der Waals surface area contributed by atoms with Crippen LogP contribution in [0.1, 0.15) is 24.1 Å². The third-order valence-corrected chi connectivity index (χ3v) is 4.50. The molecule has 1 aliphatic heterocycles. The lowest BCUT2D eigenvalue weighted by Crippen LogP contribution is -2.41. The summed E-state index contributed by atoms with van der Waals surface area (Å²) in [6.45, 7) is 2.73. The van der Waals surface area contributed by atoms with Crippen molar-refractivity contribution in [2.45, 2.75) is 19.4 Å². The zero-order valence-electron chi connectivity index (χ0n) is 13.2. The number of amides is 2. The van der Waals surface area contributed by atoms with Crippen LogP contribution in [0.15, 0.2) is 42.5 Å². The summed E-state index contributed by atoms with van der Waals surface area (Å²) in [5.41, 5.74) is 3.16. The van der Waals surface area contributed by atoms with Crippen LogP contribution >= 0.6 is 11.6 Å². The fourth-order valence-electron chi connectivity index (χ4n) is 2.94. The molecule has 120 valence electrons. The van der Waals surface area contributed by atoms with Crippen LogP contribution in [-0.2, 0) is 6.42 Å². The highest BCUT2D eigenvalue weighted by Crippen LogP contribution is 2.32. The Bertz CT molecular complexity index is 715. The average molecular weight is 331 g/mol. The van der Waals surface area contributed by atoms with E-state index in [4.69, 9.17) is 16.3 Å². The predicted molar refractivity (Wildman–Crippen MR) is 92.3 cm³/mol. The van der Waals surface area contributed by atoms with Gasteiger partial charge in [0.05, 0.1) is 13.2 Å². The van der Waals surface area contributed by atoms with E-state index in [1.807, 2.05) is 24.0 Å². The molecule has 0 saturated carbocycles. The standard InChI is InChI=1S/C18H19ClN2O2/c1-12-17-8-7-16(23-2)11-13(17)9-10-21(12)18(22)20-15-5-3-14(19)4-6-15/h3-8,11-12H,9-10H2,1-2H3,(H,20,22). The van der Waals surface area contributed by atoms with Crippen molar-refractivity contribution >= 4 is 23.3 Å². The van der Waals surface area contributed by atoms with Crippen LogP contribution in [0.5, 0.6) is 5.75 Å². The van der Waals surface area contributed by atoms with E-state index in [1.165, 1.54) is 11.1 Å². The molecule has 0 bridgehead atoms. The molecule has 0 radical (unpaired) electrons. The van der Waals surface area contributed by atoms with Gasteiger partial charge in [0.15, 0.2) is 0 Å². The molecule has 1 N–H and O–H groups in total. The normalized spacial score (nSPS) is 16.7. The lowest BCUT2D eigenvalue weighted by molar-refractivity contribution is 0.188. The molecule has 0 fully saturated rings. The van der Waals surface area contributed by atoms with Crippen LogP contribution in [0.3, 0.4) is 0 Å². The van der Waals surface area contributed by atoms with Gasteiger partial charge in [0.2, 0.25) is 0 Å². The molecule has 0 aromatic heterocycles. The van der Waals surface area contributed by atoms with E-state index in [9.17, 15) is 4.79 Å². The Balaban J connectivity index is 1.76. The molecule has 0 saturated heterocycles. The SMILES string of the molecule is COc1ccc2c(c1)CCN(C(=O)Nc1ccc(Cl)cc1)C2C. The molecule has 0 aliphatic carbocycles. The summed E-state index contributed by atoms with van der Waals surface area (Å²) in [5, 5.41) is 3.58. The Kier molecular flexibility index (Phi) is 4.44. The van der Waals surface area contributed by atoms with Crippen LogP contribution in [0.25, 0.3) is 0 Å². The Morgan fingerprint density at radius 2 is 2.00 bits per heavy atom. The van der Waals surface area contributed by atoms with Crippen molar-refractivity contribution < 1.29 is 9.53 Å². The number of rotatable bonds is 2. The van der Waals surface area contributed by atoms with Crippen molar-refractivity contribution in [3.63, 3.8) is 0 Å². The first kappa shape index (κ1) is 15.7. The molecule has 0 spiro atoms. The van der Waals surface area contributed by atoms with Crippen LogP contribution in [-0.4, -0.2) is 24.6 Å². The van der Waals surface area contributed by atoms with Gasteiger partial charge in [-0.15, -0.1) is 0 Å². The topological polar surface area (TPSA) is 41.6 Å². The Hall–Kier alpha value is -2.20. The number of fused-ring (bicyclic) bond motifs is 1. The summed E-state index contributed by atoms with van der Waals surface area (Å²) >= 11 is 5.87. The highest BCUT2D eigenvalue weighted by atomic mass is 35.5. The van der Waals surface area contributed by atoms with Crippen molar-refractivity contribution in [3.05, 3.63) is 58.6 Å². The Morgan fingerprint density at radius 3 is 2.70 bits per heavy atom. The molecule has 4 nitrogen and oxygen atoms in total. The quantitative estimate of drug-likeness (QED) is 0.880. The minimum atomic E-state index is -0.0960. The van der Waals surface area contributed by atoms with Gasteiger partial charge in [0.25, 0.3) is 0 Å². The number of methoxy groups -OCH3 is 1. The van der Waals surface area contributed by atoms with E-state index >= 15 is 0 Å². The van der Waals surface area contributed by atoms with Gasteiger partial charge in [-0.2, -0.15) is 0 Å². The molecular weight excluding hydrogens is 312 g/mol. The zero-order valence-corrected chi connectivity index (χ0v) is 13.9. The van der Waals surface area contributed by atoms with Crippen molar-refractivity contribution in [2.24, 2.45) is 0 Å². The maximum Gasteiger partial charge on any atom is 0.322 e. The van der Waals surface area contributed by atoms with Crippen LogP contribution in [0.2, 0.25) is 5.02 Å². The first-order valence-electron chi connectivity index (χ1n) is 7.58.